The third-order valence-electron chi connectivity index (χ3n) is 4.65. The Kier molecular flexibility index (Phi) is 7.87. The first-order valence-corrected chi connectivity index (χ1v) is 10.8. The fourth-order valence-corrected chi connectivity index (χ4v) is 4.03. The van der Waals surface area contributed by atoms with Crippen LogP contribution in [0.3, 0.4) is 0 Å². The minimum atomic E-state index is -3.86. The average molecular weight is 425 g/mol. The van der Waals surface area contributed by atoms with Crippen molar-refractivity contribution in [2.75, 3.05) is 27.4 Å². The Bertz CT molecular complexity index is 847. The van der Waals surface area contributed by atoms with Gasteiger partial charge in [0, 0.05) is 0 Å². The number of carbonyl (C=O) groups is 1. The molecular formula is C21H28O7S. The van der Waals surface area contributed by atoms with Gasteiger partial charge in [0.25, 0.3) is 10.1 Å². The highest BCUT2D eigenvalue weighted by atomic mass is 32.2. The van der Waals surface area contributed by atoms with Crippen molar-refractivity contribution in [2.45, 2.75) is 38.0 Å². The minimum Gasteiger partial charge on any atom is -0.501 e. The van der Waals surface area contributed by atoms with Crippen molar-refractivity contribution < 1.29 is 31.6 Å². The molecule has 2 rings (SSSR count). The molecule has 1 aromatic carbocycles. The maximum absolute atomic E-state index is 12.7. The minimum absolute atomic E-state index is 0.0658. The van der Waals surface area contributed by atoms with Crippen LogP contribution in [-0.4, -0.2) is 41.8 Å². The number of hydrogen-bond donors (Lipinski definition) is 0. The predicted octanol–water partition coefficient (Wildman–Crippen LogP) is 3.49. The van der Waals surface area contributed by atoms with Crippen molar-refractivity contribution in [3.05, 3.63) is 53.5 Å². The van der Waals surface area contributed by atoms with Crippen molar-refractivity contribution in [2.24, 2.45) is 5.41 Å². The van der Waals surface area contributed by atoms with Crippen LogP contribution in [0.5, 0.6) is 0 Å². The van der Waals surface area contributed by atoms with Crippen LogP contribution in [0.15, 0.2) is 52.8 Å². The molecule has 0 N–H and O–H groups in total. The number of benzene rings is 1. The molecule has 0 atom stereocenters. The third kappa shape index (κ3) is 5.83. The highest BCUT2D eigenvalue weighted by Gasteiger charge is 2.39. The number of carbonyl (C=O) groups excluding carboxylic acids is 1. The molecule has 160 valence electrons. The Morgan fingerprint density at radius 3 is 2.17 bits per heavy atom. The van der Waals surface area contributed by atoms with Crippen molar-refractivity contribution >= 4 is 16.1 Å². The van der Waals surface area contributed by atoms with E-state index in [9.17, 15) is 13.2 Å². The van der Waals surface area contributed by atoms with Crippen molar-refractivity contribution in [1.29, 1.82) is 0 Å². The summed E-state index contributed by atoms with van der Waals surface area (Å²) < 4.78 is 45.7. The molecule has 0 heterocycles. The highest BCUT2D eigenvalue weighted by Crippen LogP contribution is 2.38. The fourth-order valence-electron chi connectivity index (χ4n) is 3.09. The van der Waals surface area contributed by atoms with Crippen LogP contribution < -0.4 is 0 Å². The monoisotopic (exact) mass is 424 g/mol. The van der Waals surface area contributed by atoms with E-state index in [-0.39, 0.29) is 24.5 Å². The smallest absolute Gasteiger partial charge is 0.320 e. The van der Waals surface area contributed by atoms with Gasteiger partial charge in [0.2, 0.25) is 0 Å². The Balaban J connectivity index is 2.11. The Hall–Kier alpha value is -2.32. The van der Waals surface area contributed by atoms with Crippen LogP contribution in [0.1, 0.15) is 31.7 Å². The molecule has 0 radical (unpaired) electrons. The van der Waals surface area contributed by atoms with E-state index in [0.29, 0.717) is 24.4 Å². The Labute approximate surface area is 172 Å². The summed E-state index contributed by atoms with van der Waals surface area (Å²) in [7, 11) is -0.807. The van der Waals surface area contributed by atoms with Gasteiger partial charge in [-0.15, -0.1) is 0 Å². The van der Waals surface area contributed by atoms with E-state index >= 15 is 0 Å². The lowest BCUT2D eigenvalue weighted by Crippen LogP contribution is -2.33. The standard InChI is InChI=1S/C21H28O7S/c1-5-27-20(22)21(14-17(25-3)13-18(15-21)26-4)11-6-12-28-29(23,24)19-9-7-16(2)8-10-19/h7-10,14-15H,5-6,11-13H2,1-4H3. The molecule has 1 aliphatic rings. The summed E-state index contributed by atoms with van der Waals surface area (Å²) in [5.74, 6) is 0.737. The molecule has 0 aromatic heterocycles. The zero-order valence-corrected chi connectivity index (χ0v) is 18.1. The van der Waals surface area contributed by atoms with Crippen LogP contribution in [0, 0.1) is 12.3 Å². The molecule has 0 unspecified atom stereocenters. The van der Waals surface area contributed by atoms with Crippen LogP contribution >= 0.6 is 0 Å². The maximum atomic E-state index is 12.7. The SMILES string of the molecule is CCOC(=O)C1(CCCOS(=O)(=O)c2ccc(C)cc2)C=C(OC)CC(OC)=C1. The number of aryl methyl sites for hydroxylation is 1. The van der Waals surface area contributed by atoms with Gasteiger partial charge in [-0.1, -0.05) is 17.7 Å². The van der Waals surface area contributed by atoms with Gasteiger partial charge in [0.1, 0.15) is 16.9 Å². The van der Waals surface area contributed by atoms with E-state index in [1.807, 2.05) is 6.92 Å². The molecule has 0 amide bonds. The molecule has 0 saturated carbocycles. The predicted molar refractivity (Wildman–Crippen MR) is 107 cm³/mol. The van der Waals surface area contributed by atoms with E-state index < -0.39 is 21.5 Å². The van der Waals surface area contributed by atoms with Gasteiger partial charge in [-0.25, -0.2) is 0 Å². The molecule has 0 saturated heterocycles. The van der Waals surface area contributed by atoms with Crippen molar-refractivity contribution in [3.8, 4) is 0 Å². The van der Waals surface area contributed by atoms with E-state index in [2.05, 4.69) is 0 Å². The van der Waals surface area contributed by atoms with Crippen LogP contribution in [0.25, 0.3) is 0 Å². The summed E-state index contributed by atoms with van der Waals surface area (Å²) in [5, 5.41) is 0. The first-order chi connectivity index (χ1) is 13.8. The largest absolute Gasteiger partial charge is 0.501 e. The maximum Gasteiger partial charge on any atom is 0.320 e. The molecule has 1 aromatic rings. The van der Waals surface area contributed by atoms with Gasteiger partial charge in [-0.05, 0) is 51.0 Å². The molecule has 0 fully saturated rings. The zero-order valence-electron chi connectivity index (χ0n) is 17.3. The van der Waals surface area contributed by atoms with Crippen molar-refractivity contribution in [3.63, 3.8) is 0 Å². The van der Waals surface area contributed by atoms with Crippen LogP contribution in [0.2, 0.25) is 0 Å². The number of esters is 1. The fraction of sp³-hybridized carbons (Fsp3) is 0.476. The van der Waals surface area contributed by atoms with Gasteiger partial charge in [-0.2, -0.15) is 8.42 Å². The second-order valence-electron chi connectivity index (χ2n) is 6.76. The van der Waals surface area contributed by atoms with Gasteiger partial charge < -0.3 is 14.2 Å². The molecule has 1 aliphatic carbocycles. The number of methoxy groups -OCH3 is 2. The summed E-state index contributed by atoms with van der Waals surface area (Å²) in [6, 6.07) is 6.44. The molecule has 0 spiro atoms. The van der Waals surface area contributed by atoms with Gasteiger partial charge in [0.15, 0.2) is 0 Å². The normalized spacial score (nSPS) is 15.9. The second kappa shape index (κ2) is 9.93. The summed E-state index contributed by atoms with van der Waals surface area (Å²) in [6.07, 6.45) is 4.45. The molecule has 0 bridgehead atoms. The average Bonchev–Trinajstić information content (AvgIpc) is 2.71. The van der Waals surface area contributed by atoms with Gasteiger partial charge in [-0.3, -0.25) is 8.98 Å². The summed E-state index contributed by atoms with van der Waals surface area (Å²) >= 11 is 0. The lowest BCUT2D eigenvalue weighted by molar-refractivity contribution is -0.150. The second-order valence-corrected chi connectivity index (χ2v) is 8.38. The molecular weight excluding hydrogens is 396 g/mol. The summed E-state index contributed by atoms with van der Waals surface area (Å²) in [6.45, 7) is 3.77. The number of ether oxygens (including phenoxy) is 3. The Morgan fingerprint density at radius 2 is 1.66 bits per heavy atom. The van der Waals surface area contributed by atoms with E-state index in [4.69, 9.17) is 18.4 Å². The molecule has 7 nitrogen and oxygen atoms in total. The summed E-state index contributed by atoms with van der Waals surface area (Å²) in [4.78, 5) is 12.8. The first-order valence-electron chi connectivity index (χ1n) is 9.41. The van der Waals surface area contributed by atoms with E-state index in [0.717, 1.165) is 5.56 Å². The van der Waals surface area contributed by atoms with E-state index in [1.165, 1.54) is 26.4 Å². The molecule has 29 heavy (non-hydrogen) atoms. The van der Waals surface area contributed by atoms with Gasteiger partial charge >= 0.3 is 5.97 Å². The van der Waals surface area contributed by atoms with Crippen molar-refractivity contribution in [1.82, 2.24) is 0 Å². The highest BCUT2D eigenvalue weighted by molar-refractivity contribution is 7.86. The molecule has 8 heteroatoms. The van der Waals surface area contributed by atoms with E-state index in [1.54, 1.807) is 31.2 Å². The summed E-state index contributed by atoms with van der Waals surface area (Å²) in [5.41, 5.74) is -0.138. The topological polar surface area (TPSA) is 88.1 Å². The van der Waals surface area contributed by atoms with Gasteiger partial charge in [0.05, 0.1) is 38.7 Å². The number of hydrogen-bond acceptors (Lipinski definition) is 7. The quantitative estimate of drug-likeness (QED) is 0.323. The lowest BCUT2D eigenvalue weighted by atomic mass is 9.79. The number of rotatable bonds is 10. The van der Waals surface area contributed by atoms with Crippen LogP contribution in [0.4, 0.5) is 0 Å². The first kappa shape index (κ1) is 23.0. The lowest BCUT2D eigenvalue weighted by Gasteiger charge is -2.30. The molecule has 0 aliphatic heterocycles. The van der Waals surface area contributed by atoms with Crippen LogP contribution in [-0.2, 0) is 33.3 Å². The third-order valence-corrected chi connectivity index (χ3v) is 5.97. The zero-order chi connectivity index (χ0) is 21.5. The Morgan fingerprint density at radius 1 is 1.07 bits per heavy atom.